The zero-order valence-electron chi connectivity index (χ0n) is 15.5. The van der Waals surface area contributed by atoms with Gasteiger partial charge in [0.25, 0.3) is 0 Å². The molecule has 2 rings (SSSR count). The molecule has 1 aromatic carbocycles. The van der Waals surface area contributed by atoms with Gasteiger partial charge < -0.3 is 15.8 Å². The molecule has 0 unspecified atom stereocenters. The van der Waals surface area contributed by atoms with Gasteiger partial charge >= 0.3 is 0 Å². The Bertz CT molecular complexity index is 831. The molecule has 1 aliphatic rings. The molecule has 0 amide bonds. The Labute approximate surface area is 160 Å². The molecule has 0 heterocycles. The highest BCUT2D eigenvalue weighted by Gasteiger charge is 2.27. The van der Waals surface area contributed by atoms with Crippen LogP contribution in [0.1, 0.15) is 19.3 Å². The van der Waals surface area contributed by atoms with Crippen molar-refractivity contribution in [2.24, 2.45) is 16.6 Å². The predicted octanol–water partition coefficient (Wildman–Crippen LogP) is 0.495. The van der Waals surface area contributed by atoms with Crippen LogP contribution in [0.25, 0.3) is 0 Å². The number of rotatable bonds is 9. The molecule has 11 heteroatoms. The van der Waals surface area contributed by atoms with Crippen LogP contribution < -0.4 is 19.5 Å². The Kier molecular flexibility index (Phi) is 6.93. The fourth-order valence-electron chi connectivity index (χ4n) is 2.60. The highest BCUT2D eigenvalue weighted by molar-refractivity contribution is 8.09. The molecule has 0 aliphatic heterocycles. The number of anilines is 1. The fraction of sp³-hybridized carbons (Fsp3) is 0.562. The van der Waals surface area contributed by atoms with E-state index in [-0.39, 0.29) is 5.69 Å². The van der Waals surface area contributed by atoms with Crippen molar-refractivity contribution in [2.45, 2.75) is 19.3 Å². The van der Waals surface area contributed by atoms with Crippen molar-refractivity contribution in [3.8, 4) is 5.75 Å². The minimum Gasteiger partial charge on any atom is -0.492 e. The number of hydrogen-bond acceptors (Lipinski definition) is 6. The summed E-state index contributed by atoms with van der Waals surface area (Å²) in [6, 6.07) is 5.76. The molecular formula is C16H26N4O5S2. The van der Waals surface area contributed by atoms with E-state index in [9.17, 15) is 16.8 Å². The molecule has 0 atom stereocenters. The molecule has 0 spiro atoms. The summed E-state index contributed by atoms with van der Waals surface area (Å²) in [5.74, 6) is 1.52. The number of nitrogens with zero attached hydrogens (tertiary/aromatic N) is 2. The summed E-state index contributed by atoms with van der Waals surface area (Å²) < 4.78 is 52.9. The molecule has 3 N–H and O–H groups in total. The minimum absolute atomic E-state index is 0.0258. The number of nitrogens with two attached hydrogens (primary N) is 1. The Morgan fingerprint density at radius 1 is 1.19 bits per heavy atom. The van der Waals surface area contributed by atoms with E-state index in [0.717, 1.165) is 19.1 Å². The van der Waals surface area contributed by atoms with Crippen molar-refractivity contribution in [1.82, 2.24) is 5.32 Å². The van der Waals surface area contributed by atoms with Crippen molar-refractivity contribution in [3.63, 3.8) is 0 Å². The Hall–Kier alpha value is -2.01. The lowest BCUT2D eigenvalue weighted by atomic mass is 9.86. The standard InChI is InChI=1S/C16H26N4O5S2/c1-26(21,22)20(27(2,23)24)14-6-8-15(9-7-14)25-11-10-18-16(17)19-12-13-4-3-5-13/h6-9,13H,3-5,10-12H2,1-2H3,(H3,17,18,19). The molecular weight excluding hydrogens is 392 g/mol. The third kappa shape index (κ3) is 6.58. The molecule has 152 valence electrons. The van der Waals surface area contributed by atoms with Gasteiger partial charge in [-0.1, -0.05) is 6.42 Å². The summed E-state index contributed by atoms with van der Waals surface area (Å²) in [4.78, 5) is 4.28. The van der Waals surface area contributed by atoms with Gasteiger partial charge in [-0.05, 0) is 43.0 Å². The second kappa shape index (κ2) is 8.79. The molecule has 0 bridgehead atoms. The summed E-state index contributed by atoms with van der Waals surface area (Å²) >= 11 is 0. The smallest absolute Gasteiger partial charge is 0.245 e. The summed E-state index contributed by atoms with van der Waals surface area (Å²) in [5.41, 5.74) is 5.80. The number of benzene rings is 1. The first kappa shape index (κ1) is 21.3. The Morgan fingerprint density at radius 3 is 2.26 bits per heavy atom. The van der Waals surface area contributed by atoms with Gasteiger partial charge in [0.2, 0.25) is 20.0 Å². The van der Waals surface area contributed by atoms with Crippen molar-refractivity contribution < 1.29 is 21.6 Å². The molecule has 1 aliphatic carbocycles. The van der Waals surface area contributed by atoms with Gasteiger partial charge in [-0.2, -0.15) is 3.71 Å². The van der Waals surface area contributed by atoms with Gasteiger partial charge in [0, 0.05) is 6.54 Å². The van der Waals surface area contributed by atoms with E-state index >= 15 is 0 Å². The van der Waals surface area contributed by atoms with Gasteiger partial charge in [-0.3, -0.25) is 4.99 Å². The van der Waals surface area contributed by atoms with Crippen molar-refractivity contribution in [2.75, 3.05) is 35.9 Å². The van der Waals surface area contributed by atoms with Crippen LogP contribution in [-0.2, 0) is 20.0 Å². The summed E-state index contributed by atoms with van der Waals surface area (Å²) in [6.07, 6.45) is 5.37. The van der Waals surface area contributed by atoms with E-state index in [4.69, 9.17) is 10.5 Å². The first-order chi connectivity index (χ1) is 12.6. The topological polar surface area (TPSA) is 131 Å². The van der Waals surface area contributed by atoms with E-state index in [1.807, 2.05) is 0 Å². The first-order valence-electron chi connectivity index (χ1n) is 8.54. The van der Waals surface area contributed by atoms with E-state index in [1.54, 1.807) is 0 Å². The molecule has 1 aromatic rings. The largest absolute Gasteiger partial charge is 0.492 e. The Morgan fingerprint density at radius 2 is 1.78 bits per heavy atom. The van der Waals surface area contributed by atoms with Gasteiger partial charge in [-0.15, -0.1) is 0 Å². The maximum atomic E-state index is 11.7. The van der Waals surface area contributed by atoms with Crippen LogP contribution in [0.15, 0.2) is 29.3 Å². The second-order valence-corrected chi connectivity index (χ2v) is 10.4. The highest BCUT2D eigenvalue weighted by atomic mass is 32.3. The lowest BCUT2D eigenvalue weighted by molar-refractivity contribution is 0.320. The SMILES string of the molecule is CS(=O)(=O)N(c1ccc(OCCNC(N)=NCC2CCC2)cc1)S(C)(=O)=O. The average Bonchev–Trinajstić information content (AvgIpc) is 2.49. The summed E-state index contributed by atoms with van der Waals surface area (Å²) in [5, 5.41) is 2.96. The predicted molar refractivity (Wildman–Crippen MR) is 106 cm³/mol. The monoisotopic (exact) mass is 418 g/mol. The summed E-state index contributed by atoms with van der Waals surface area (Å²) in [7, 11) is -7.92. The van der Waals surface area contributed by atoms with E-state index in [1.165, 1.54) is 43.5 Å². The third-order valence-corrected chi connectivity index (χ3v) is 7.32. The molecule has 27 heavy (non-hydrogen) atoms. The fourth-order valence-corrected chi connectivity index (χ4v) is 5.58. The van der Waals surface area contributed by atoms with Crippen LogP contribution in [0, 0.1) is 5.92 Å². The van der Waals surface area contributed by atoms with Crippen LogP contribution in [0.5, 0.6) is 5.75 Å². The van der Waals surface area contributed by atoms with E-state index in [2.05, 4.69) is 10.3 Å². The van der Waals surface area contributed by atoms with Gasteiger partial charge in [0.1, 0.15) is 12.4 Å². The van der Waals surface area contributed by atoms with E-state index in [0.29, 0.717) is 34.5 Å². The summed E-state index contributed by atoms with van der Waals surface area (Å²) in [6.45, 7) is 1.53. The highest BCUT2D eigenvalue weighted by Crippen LogP contribution is 2.26. The van der Waals surface area contributed by atoms with Crippen LogP contribution in [0.4, 0.5) is 5.69 Å². The molecule has 0 saturated heterocycles. The average molecular weight is 419 g/mol. The number of ether oxygens (including phenoxy) is 1. The van der Waals surface area contributed by atoms with Crippen molar-refractivity contribution >= 4 is 31.7 Å². The minimum atomic E-state index is -3.96. The van der Waals surface area contributed by atoms with Crippen molar-refractivity contribution in [3.05, 3.63) is 24.3 Å². The van der Waals surface area contributed by atoms with Gasteiger partial charge in [0.15, 0.2) is 5.96 Å². The molecule has 0 radical (unpaired) electrons. The third-order valence-electron chi connectivity index (χ3n) is 4.07. The normalized spacial score (nSPS) is 15.9. The zero-order chi connectivity index (χ0) is 20.1. The number of guanidine groups is 1. The van der Waals surface area contributed by atoms with Crippen LogP contribution in [0.3, 0.4) is 0 Å². The number of sulfonamides is 2. The quantitative estimate of drug-likeness (QED) is 0.339. The van der Waals surface area contributed by atoms with Gasteiger partial charge in [-0.25, -0.2) is 16.8 Å². The van der Waals surface area contributed by atoms with E-state index < -0.39 is 20.0 Å². The van der Waals surface area contributed by atoms with Crippen molar-refractivity contribution in [1.29, 1.82) is 0 Å². The molecule has 0 aromatic heterocycles. The van der Waals surface area contributed by atoms with Crippen LogP contribution in [-0.4, -0.2) is 55.0 Å². The number of nitrogens with one attached hydrogen (secondary N) is 1. The number of hydrogen-bond donors (Lipinski definition) is 2. The second-order valence-electron chi connectivity index (χ2n) is 6.52. The molecule has 1 fully saturated rings. The first-order valence-corrected chi connectivity index (χ1v) is 12.2. The molecule has 9 nitrogen and oxygen atoms in total. The maximum Gasteiger partial charge on any atom is 0.245 e. The molecule has 1 saturated carbocycles. The Balaban J connectivity index is 1.84. The van der Waals surface area contributed by atoms with Gasteiger partial charge in [0.05, 0.1) is 24.7 Å². The lowest BCUT2D eigenvalue weighted by Gasteiger charge is -2.23. The number of aliphatic imine (C=N–C) groups is 1. The van der Waals surface area contributed by atoms with Crippen LogP contribution >= 0.6 is 0 Å². The lowest BCUT2D eigenvalue weighted by Crippen LogP contribution is -2.35. The zero-order valence-corrected chi connectivity index (χ0v) is 17.1. The van der Waals surface area contributed by atoms with Crippen LogP contribution in [0.2, 0.25) is 0 Å². The maximum absolute atomic E-state index is 11.7.